The second kappa shape index (κ2) is 7.43. The molecule has 1 aromatic carbocycles. The van der Waals surface area contributed by atoms with Crippen LogP contribution in [-0.4, -0.2) is 27.9 Å². The van der Waals surface area contributed by atoms with E-state index >= 15 is 0 Å². The van der Waals surface area contributed by atoms with Crippen LogP contribution >= 0.6 is 11.3 Å². The Hall–Kier alpha value is -2.74. The monoisotopic (exact) mass is 359 g/mol. The zero-order valence-corrected chi connectivity index (χ0v) is 14.1. The highest BCUT2D eigenvalue weighted by molar-refractivity contribution is 7.09. The Labute approximate surface area is 148 Å². The third-order valence-corrected chi connectivity index (χ3v) is 4.89. The van der Waals surface area contributed by atoms with Crippen LogP contribution in [0, 0.1) is 5.92 Å². The first kappa shape index (κ1) is 17.1. The number of amides is 2. The van der Waals surface area contributed by atoms with Crippen LogP contribution in [0.2, 0.25) is 0 Å². The van der Waals surface area contributed by atoms with Gasteiger partial charge in [-0.3, -0.25) is 9.59 Å². The molecule has 0 saturated carbocycles. The van der Waals surface area contributed by atoms with Gasteiger partial charge in [-0.2, -0.15) is 0 Å². The number of carboxylic acid groups (broad SMARTS) is 1. The lowest BCUT2D eigenvalue weighted by atomic mass is 9.89. The number of hydrogen-bond donors (Lipinski definition) is 3. The molecule has 1 aromatic heterocycles. The third kappa shape index (κ3) is 4.21. The van der Waals surface area contributed by atoms with Gasteiger partial charge in [0.05, 0.1) is 6.54 Å². The molecule has 0 fully saturated rings. The summed E-state index contributed by atoms with van der Waals surface area (Å²) in [4.78, 5) is 38.8. The molecular weight excluding hydrogens is 342 g/mol. The highest BCUT2D eigenvalue weighted by atomic mass is 32.1. The van der Waals surface area contributed by atoms with Gasteiger partial charge in [0.25, 0.3) is 0 Å². The van der Waals surface area contributed by atoms with Crippen LogP contribution in [0.4, 0.5) is 5.69 Å². The summed E-state index contributed by atoms with van der Waals surface area (Å²) in [7, 11) is 0. The zero-order chi connectivity index (χ0) is 17.8. The molecule has 0 bridgehead atoms. The van der Waals surface area contributed by atoms with Gasteiger partial charge in [-0.15, -0.1) is 11.3 Å². The van der Waals surface area contributed by atoms with E-state index in [0.717, 1.165) is 11.3 Å². The lowest BCUT2D eigenvalue weighted by Gasteiger charge is -2.24. The lowest BCUT2D eigenvalue weighted by molar-refractivity contribution is -0.122. The second-order valence-electron chi connectivity index (χ2n) is 5.79. The third-order valence-electron chi connectivity index (χ3n) is 4.04. The summed E-state index contributed by atoms with van der Waals surface area (Å²) in [5.74, 6) is -1.55. The Kier molecular flexibility index (Phi) is 5.08. The normalized spacial score (nSPS) is 16.0. The first-order valence-corrected chi connectivity index (χ1v) is 8.74. The lowest BCUT2D eigenvalue weighted by Crippen LogP contribution is -2.31. The molecule has 1 unspecified atom stereocenters. The van der Waals surface area contributed by atoms with E-state index in [9.17, 15) is 14.4 Å². The quantitative estimate of drug-likeness (QED) is 0.731. The van der Waals surface area contributed by atoms with E-state index in [2.05, 4.69) is 15.6 Å². The number of carboxylic acids is 1. The Balaban J connectivity index is 1.47. The predicted octanol–water partition coefficient (Wildman–Crippen LogP) is 2.05. The van der Waals surface area contributed by atoms with E-state index in [4.69, 9.17) is 5.11 Å². The van der Waals surface area contributed by atoms with Gasteiger partial charge in [0.2, 0.25) is 11.8 Å². The molecule has 3 rings (SSSR count). The average molecular weight is 359 g/mol. The van der Waals surface area contributed by atoms with Gasteiger partial charge in [0.15, 0.2) is 5.69 Å². The van der Waals surface area contributed by atoms with Crippen LogP contribution in [-0.2, 0) is 22.6 Å². The van der Waals surface area contributed by atoms with Crippen LogP contribution in [0.3, 0.4) is 0 Å². The number of carbonyl (C=O) groups excluding carboxylic acids is 2. The summed E-state index contributed by atoms with van der Waals surface area (Å²) >= 11 is 1.19. The maximum absolute atomic E-state index is 12.1. The first-order valence-electron chi connectivity index (χ1n) is 7.86. The average Bonchev–Trinajstić information content (AvgIpc) is 3.07. The van der Waals surface area contributed by atoms with Gasteiger partial charge in [-0.05, 0) is 24.5 Å². The first-order chi connectivity index (χ1) is 12.0. The molecule has 1 aliphatic rings. The fourth-order valence-corrected chi connectivity index (χ4v) is 3.41. The molecule has 0 aliphatic carbocycles. The fourth-order valence-electron chi connectivity index (χ4n) is 2.70. The highest BCUT2D eigenvalue weighted by Crippen LogP contribution is 2.27. The number of aromatic nitrogens is 1. The standard InChI is InChI=1S/C17H17N3O4S/c21-14(18-8-15-19-13(9-25-15)17(23)24)6-5-11-7-10-3-1-2-4-12(10)20-16(11)22/h1-4,9,11H,5-8H2,(H,18,21)(H,20,22)(H,23,24). The van der Waals surface area contributed by atoms with Crippen molar-refractivity contribution in [2.75, 3.05) is 5.32 Å². The molecule has 0 radical (unpaired) electrons. The molecule has 130 valence electrons. The van der Waals surface area contributed by atoms with Crippen LogP contribution in [0.15, 0.2) is 29.6 Å². The van der Waals surface area contributed by atoms with E-state index < -0.39 is 5.97 Å². The summed E-state index contributed by atoms with van der Waals surface area (Å²) in [6, 6.07) is 7.65. The topological polar surface area (TPSA) is 108 Å². The zero-order valence-electron chi connectivity index (χ0n) is 13.3. The van der Waals surface area contributed by atoms with Crippen LogP contribution in [0.1, 0.15) is 33.9 Å². The number of fused-ring (bicyclic) bond motifs is 1. The number of aromatic carboxylic acids is 1. The molecule has 8 heteroatoms. The van der Waals surface area contributed by atoms with Crippen molar-refractivity contribution < 1.29 is 19.5 Å². The number of anilines is 1. The van der Waals surface area contributed by atoms with Crippen molar-refractivity contribution in [3.05, 3.63) is 45.9 Å². The Morgan fingerprint density at radius 1 is 1.36 bits per heavy atom. The van der Waals surface area contributed by atoms with Gasteiger partial charge < -0.3 is 15.7 Å². The summed E-state index contributed by atoms with van der Waals surface area (Å²) in [5.41, 5.74) is 1.90. The number of hydrogen-bond acceptors (Lipinski definition) is 5. The van der Waals surface area contributed by atoms with E-state index in [1.165, 1.54) is 16.7 Å². The molecule has 2 amide bonds. The van der Waals surface area contributed by atoms with Crippen LogP contribution in [0.5, 0.6) is 0 Å². The molecule has 2 heterocycles. The van der Waals surface area contributed by atoms with Gasteiger partial charge in [0, 0.05) is 23.4 Å². The van der Waals surface area contributed by atoms with Crippen molar-refractivity contribution >= 4 is 34.8 Å². The predicted molar refractivity (Wildman–Crippen MR) is 92.4 cm³/mol. The van der Waals surface area contributed by atoms with Crippen LogP contribution in [0.25, 0.3) is 0 Å². The van der Waals surface area contributed by atoms with Crippen molar-refractivity contribution in [2.45, 2.75) is 25.8 Å². The van der Waals surface area contributed by atoms with Gasteiger partial charge in [0.1, 0.15) is 5.01 Å². The number of nitrogens with zero attached hydrogens (tertiary/aromatic N) is 1. The van der Waals surface area contributed by atoms with Crippen molar-refractivity contribution in [1.82, 2.24) is 10.3 Å². The summed E-state index contributed by atoms with van der Waals surface area (Å²) in [6.45, 7) is 0.191. The largest absolute Gasteiger partial charge is 0.476 e. The van der Waals surface area contributed by atoms with Gasteiger partial charge in [-0.25, -0.2) is 9.78 Å². The van der Waals surface area contributed by atoms with E-state index in [-0.39, 0.29) is 36.4 Å². The number of thiazole rings is 1. The number of benzene rings is 1. The molecule has 1 aliphatic heterocycles. The van der Waals surface area contributed by atoms with E-state index in [1.807, 2.05) is 24.3 Å². The van der Waals surface area contributed by atoms with Crippen molar-refractivity contribution in [3.63, 3.8) is 0 Å². The second-order valence-corrected chi connectivity index (χ2v) is 6.74. The molecule has 2 aromatic rings. The van der Waals surface area contributed by atoms with Gasteiger partial charge >= 0.3 is 5.97 Å². The highest BCUT2D eigenvalue weighted by Gasteiger charge is 2.26. The molecule has 3 N–H and O–H groups in total. The number of rotatable bonds is 6. The Morgan fingerprint density at radius 3 is 2.92 bits per heavy atom. The van der Waals surface area contributed by atoms with Crippen molar-refractivity contribution in [2.24, 2.45) is 5.92 Å². The Bertz CT molecular complexity index is 818. The van der Waals surface area contributed by atoms with Crippen LogP contribution < -0.4 is 10.6 Å². The fraction of sp³-hybridized carbons (Fsp3) is 0.294. The van der Waals surface area contributed by atoms with Crippen molar-refractivity contribution in [1.29, 1.82) is 0 Å². The SMILES string of the molecule is O=C(CCC1Cc2ccccc2NC1=O)NCc1nc(C(=O)O)cs1. The number of para-hydroxylation sites is 1. The van der Waals surface area contributed by atoms with Gasteiger partial charge in [-0.1, -0.05) is 18.2 Å². The molecule has 0 saturated heterocycles. The van der Waals surface area contributed by atoms with E-state index in [1.54, 1.807) is 0 Å². The van der Waals surface area contributed by atoms with E-state index in [0.29, 0.717) is 17.8 Å². The Morgan fingerprint density at radius 2 is 2.16 bits per heavy atom. The summed E-state index contributed by atoms with van der Waals surface area (Å²) in [6.07, 6.45) is 1.32. The minimum absolute atomic E-state index is 0.0215. The molecule has 1 atom stereocenters. The maximum Gasteiger partial charge on any atom is 0.355 e. The molecule has 25 heavy (non-hydrogen) atoms. The molecular formula is C17H17N3O4S. The summed E-state index contributed by atoms with van der Waals surface area (Å²) in [5, 5.41) is 16.4. The number of nitrogens with one attached hydrogen (secondary N) is 2. The molecule has 7 nitrogen and oxygen atoms in total. The minimum atomic E-state index is -1.09. The minimum Gasteiger partial charge on any atom is -0.476 e. The summed E-state index contributed by atoms with van der Waals surface area (Å²) < 4.78 is 0. The number of carbonyl (C=O) groups is 3. The maximum atomic E-state index is 12.1. The smallest absolute Gasteiger partial charge is 0.355 e. The molecule has 0 spiro atoms. The van der Waals surface area contributed by atoms with Crippen molar-refractivity contribution in [3.8, 4) is 0 Å².